The fourth-order valence-corrected chi connectivity index (χ4v) is 1.70. The highest BCUT2D eigenvalue weighted by Crippen LogP contribution is 2.10. The molecule has 3 heteroatoms. The highest BCUT2D eigenvalue weighted by Gasteiger charge is 2.05. The van der Waals surface area contributed by atoms with Gasteiger partial charge in [0.05, 0.1) is 5.69 Å². The fraction of sp³-hybridized carbons (Fsp3) is 0.286. The number of aromatic nitrogens is 2. The van der Waals surface area contributed by atoms with E-state index in [2.05, 4.69) is 9.97 Å². The summed E-state index contributed by atoms with van der Waals surface area (Å²) in [6.07, 6.45) is 0.663. The molecular weight excluding hydrogens is 212 g/mol. The summed E-state index contributed by atoms with van der Waals surface area (Å²) in [6, 6.07) is 11.6. The van der Waals surface area contributed by atoms with Crippen LogP contribution in [0.15, 0.2) is 41.2 Å². The topological polar surface area (TPSA) is 45.8 Å². The second-order valence-electron chi connectivity index (χ2n) is 4.43. The van der Waals surface area contributed by atoms with Crippen LogP contribution in [-0.4, -0.2) is 9.97 Å². The lowest BCUT2D eigenvalue weighted by atomic mass is 10.1. The van der Waals surface area contributed by atoms with Crippen LogP contribution in [0.5, 0.6) is 0 Å². The molecule has 0 saturated carbocycles. The molecule has 0 aliphatic carbocycles. The summed E-state index contributed by atoms with van der Waals surface area (Å²) in [4.78, 5) is 18.8. The Hall–Kier alpha value is -1.90. The minimum atomic E-state index is -0.0744. The number of nitrogens with zero attached hydrogens (tertiary/aromatic N) is 1. The zero-order valence-corrected chi connectivity index (χ0v) is 10.1. The first-order valence-electron chi connectivity index (χ1n) is 5.79. The number of H-pyrrole nitrogens is 1. The molecule has 0 saturated heterocycles. The maximum Gasteiger partial charge on any atom is 0.251 e. The molecule has 17 heavy (non-hydrogen) atoms. The second-order valence-corrected chi connectivity index (χ2v) is 4.43. The molecule has 2 rings (SSSR count). The van der Waals surface area contributed by atoms with Crippen LogP contribution in [0.2, 0.25) is 0 Å². The van der Waals surface area contributed by atoms with Crippen molar-refractivity contribution in [2.45, 2.75) is 26.2 Å². The lowest BCUT2D eigenvalue weighted by Crippen LogP contribution is -2.13. The average molecular weight is 228 g/mol. The highest BCUT2D eigenvalue weighted by molar-refractivity contribution is 5.19. The van der Waals surface area contributed by atoms with Gasteiger partial charge in [-0.3, -0.25) is 4.79 Å². The summed E-state index contributed by atoms with van der Waals surface area (Å²) in [5, 5.41) is 0. The predicted octanol–water partition coefficient (Wildman–Crippen LogP) is 2.48. The third-order valence-corrected chi connectivity index (χ3v) is 2.62. The lowest BCUT2D eigenvalue weighted by molar-refractivity contribution is 0.784. The molecule has 0 amide bonds. The Morgan fingerprint density at radius 1 is 1.24 bits per heavy atom. The van der Waals surface area contributed by atoms with Gasteiger partial charge in [-0.1, -0.05) is 44.2 Å². The van der Waals surface area contributed by atoms with Gasteiger partial charge in [0, 0.05) is 12.5 Å². The van der Waals surface area contributed by atoms with Crippen molar-refractivity contribution >= 4 is 0 Å². The summed E-state index contributed by atoms with van der Waals surface area (Å²) in [5.74, 6) is 0.999. The molecule has 1 aromatic heterocycles. The number of nitrogens with one attached hydrogen (secondary N) is 1. The van der Waals surface area contributed by atoms with Crippen LogP contribution in [0.25, 0.3) is 0 Å². The van der Waals surface area contributed by atoms with E-state index < -0.39 is 0 Å². The summed E-state index contributed by atoms with van der Waals surface area (Å²) < 4.78 is 0. The number of aromatic amines is 1. The number of benzene rings is 1. The Balaban J connectivity index is 2.30. The van der Waals surface area contributed by atoms with Crippen LogP contribution in [-0.2, 0) is 6.42 Å². The molecule has 3 nitrogen and oxygen atoms in total. The highest BCUT2D eigenvalue weighted by atomic mass is 16.1. The van der Waals surface area contributed by atoms with Gasteiger partial charge in [0.15, 0.2) is 0 Å². The van der Waals surface area contributed by atoms with E-state index in [0.29, 0.717) is 6.42 Å². The van der Waals surface area contributed by atoms with Gasteiger partial charge in [0.2, 0.25) is 0 Å². The van der Waals surface area contributed by atoms with Gasteiger partial charge in [-0.15, -0.1) is 0 Å². The standard InChI is InChI=1S/C14H16N2O/c1-10(2)12-9-14(17)16-13(15-12)8-11-6-4-3-5-7-11/h3-7,9-10H,8H2,1-2H3,(H,15,16,17). The Morgan fingerprint density at radius 3 is 2.59 bits per heavy atom. The fourth-order valence-electron chi connectivity index (χ4n) is 1.70. The minimum absolute atomic E-state index is 0.0744. The van der Waals surface area contributed by atoms with E-state index in [9.17, 15) is 4.79 Å². The lowest BCUT2D eigenvalue weighted by Gasteiger charge is -2.06. The van der Waals surface area contributed by atoms with E-state index in [1.165, 1.54) is 0 Å². The Labute approximate surface area is 101 Å². The molecule has 2 aromatic rings. The van der Waals surface area contributed by atoms with E-state index in [1.807, 2.05) is 44.2 Å². The molecular formula is C14H16N2O. The molecule has 1 aromatic carbocycles. The zero-order chi connectivity index (χ0) is 12.3. The Bertz CT molecular complexity index is 544. The van der Waals surface area contributed by atoms with Crippen molar-refractivity contribution in [3.63, 3.8) is 0 Å². The molecule has 1 N–H and O–H groups in total. The number of hydrogen-bond acceptors (Lipinski definition) is 2. The SMILES string of the molecule is CC(C)c1cc(=O)[nH]c(Cc2ccccc2)n1. The number of hydrogen-bond donors (Lipinski definition) is 1. The van der Waals surface area contributed by atoms with E-state index in [0.717, 1.165) is 17.1 Å². The van der Waals surface area contributed by atoms with Crippen LogP contribution in [0, 0.1) is 0 Å². The first-order valence-corrected chi connectivity index (χ1v) is 5.79. The van der Waals surface area contributed by atoms with Gasteiger partial charge in [0.1, 0.15) is 5.82 Å². The average Bonchev–Trinajstić information content (AvgIpc) is 2.29. The molecule has 0 unspecified atom stereocenters. The van der Waals surface area contributed by atoms with Gasteiger partial charge < -0.3 is 4.98 Å². The normalized spacial score (nSPS) is 10.8. The largest absolute Gasteiger partial charge is 0.310 e. The van der Waals surface area contributed by atoms with Crippen LogP contribution in [0.3, 0.4) is 0 Å². The van der Waals surface area contributed by atoms with Crippen LogP contribution in [0.1, 0.15) is 36.8 Å². The van der Waals surface area contributed by atoms with Crippen molar-refractivity contribution in [1.29, 1.82) is 0 Å². The Kier molecular flexibility index (Phi) is 3.38. The zero-order valence-electron chi connectivity index (χ0n) is 10.1. The number of rotatable bonds is 3. The molecule has 0 fully saturated rings. The maximum atomic E-state index is 11.5. The Morgan fingerprint density at radius 2 is 1.94 bits per heavy atom. The van der Waals surface area contributed by atoms with Gasteiger partial charge in [-0.05, 0) is 11.5 Å². The quantitative estimate of drug-likeness (QED) is 0.877. The van der Waals surface area contributed by atoms with Gasteiger partial charge in [-0.2, -0.15) is 0 Å². The van der Waals surface area contributed by atoms with Crippen molar-refractivity contribution in [1.82, 2.24) is 9.97 Å². The first kappa shape index (κ1) is 11.6. The molecule has 1 heterocycles. The molecule has 88 valence electrons. The van der Waals surface area contributed by atoms with Crippen LogP contribution < -0.4 is 5.56 Å². The van der Waals surface area contributed by atoms with Crippen molar-refractivity contribution < 1.29 is 0 Å². The third-order valence-electron chi connectivity index (χ3n) is 2.62. The van der Waals surface area contributed by atoms with Crippen LogP contribution >= 0.6 is 0 Å². The smallest absolute Gasteiger partial charge is 0.251 e. The van der Waals surface area contributed by atoms with Crippen molar-refractivity contribution in [3.05, 3.63) is 63.8 Å². The molecule has 0 aliphatic heterocycles. The molecule has 0 aliphatic rings. The van der Waals surface area contributed by atoms with Crippen molar-refractivity contribution in [2.24, 2.45) is 0 Å². The van der Waals surface area contributed by atoms with Gasteiger partial charge in [0.25, 0.3) is 5.56 Å². The van der Waals surface area contributed by atoms with E-state index in [1.54, 1.807) is 6.07 Å². The molecule has 0 spiro atoms. The van der Waals surface area contributed by atoms with E-state index >= 15 is 0 Å². The van der Waals surface area contributed by atoms with E-state index in [-0.39, 0.29) is 11.5 Å². The van der Waals surface area contributed by atoms with Crippen LogP contribution in [0.4, 0.5) is 0 Å². The summed E-state index contributed by atoms with van der Waals surface area (Å²) in [5.41, 5.74) is 1.92. The van der Waals surface area contributed by atoms with Gasteiger partial charge >= 0.3 is 0 Å². The van der Waals surface area contributed by atoms with Gasteiger partial charge in [-0.25, -0.2) is 4.98 Å². The summed E-state index contributed by atoms with van der Waals surface area (Å²) >= 11 is 0. The molecule has 0 atom stereocenters. The molecule has 0 radical (unpaired) electrons. The second kappa shape index (κ2) is 4.95. The minimum Gasteiger partial charge on any atom is -0.310 e. The maximum absolute atomic E-state index is 11.5. The molecule has 0 bridgehead atoms. The monoisotopic (exact) mass is 228 g/mol. The third kappa shape index (κ3) is 3.03. The van der Waals surface area contributed by atoms with E-state index in [4.69, 9.17) is 0 Å². The first-order chi connectivity index (χ1) is 8.15. The predicted molar refractivity (Wildman–Crippen MR) is 68.2 cm³/mol. The van der Waals surface area contributed by atoms with Crippen molar-refractivity contribution in [2.75, 3.05) is 0 Å². The van der Waals surface area contributed by atoms with Crippen molar-refractivity contribution in [3.8, 4) is 0 Å². The summed E-state index contributed by atoms with van der Waals surface area (Å²) in [7, 11) is 0. The summed E-state index contributed by atoms with van der Waals surface area (Å²) in [6.45, 7) is 4.07.